The summed E-state index contributed by atoms with van der Waals surface area (Å²) in [5.74, 6) is -0.977. The van der Waals surface area contributed by atoms with E-state index in [2.05, 4.69) is 10.6 Å². The number of fused-ring (bicyclic) bond motifs is 1. The second kappa shape index (κ2) is 9.26. The Kier molecular flexibility index (Phi) is 6.08. The van der Waals surface area contributed by atoms with Gasteiger partial charge in [-0.25, -0.2) is 0 Å². The number of anilines is 1. The topological polar surface area (TPSA) is 78.5 Å². The summed E-state index contributed by atoms with van der Waals surface area (Å²) in [5.41, 5.74) is 2.82. The predicted octanol–water partition coefficient (Wildman–Crippen LogP) is 3.36. The van der Waals surface area contributed by atoms with Crippen molar-refractivity contribution in [2.75, 3.05) is 5.32 Å². The van der Waals surface area contributed by atoms with Gasteiger partial charge in [0.25, 0.3) is 5.91 Å². The number of rotatable bonds is 6. The molecule has 6 heteroatoms. The number of amides is 3. The maximum atomic E-state index is 13.3. The van der Waals surface area contributed by atoms with Gasteiger partial charge < -0.3 is 15.5 Å². The molecule has 0 unspecified atom stereocenters. The second-order valence-electron chi connectivity index (χ2n) is 7.49. The van der Waals surface area contributed by atoms with Crippen molar-refractivity contribution in [2.45, 2.75) is 25.6 Å². The van der Waals surface area contributed by atoms with Crippen LogP contribution in [0.2, 0.25) is 0 Å². The average Bonchev–Trinajstić information content (AvgIpc) is 2.91. The number of hydrogen-bond donors (Lipinski definition) is 2. The van der Waals surface area contributed by atoms with Gasteiger partial charge in [0, 0.05) is 13.1 Å². The van der Waals surface area contributed by atoms with Gasteiger partial charge in [0.2, 0.25) is 11.8 Å². The quantitative estimate of drug-likeness (QED) is 0.651. The summed E-state index contributed by atoms with van der Waals surface area (Å²) in [6.45, 7) is 0.828. The van der Waals surface area contributed by atoms with Crippen molar-refractivity contribution in [1.82, 2.24) is 10.2 Å². The normalized spacial score (nSPS) is 15.3. The highest BCUT2D eigenvalue weighted by Crippen LogP contribution is 2.20. The molecule has 0 radical (unpaired) electrons. The molecule has 1 atom stereocenters. The molecular formula is C25H23N3O3. The van der Waals surface area contributed by atoms with Crippen molar-refractivity contribution in [1.29, 1.82) is 0 Å². The molecule has 2 N–H and O–H groups in total. The summed E-state index contributed by atoms with van der Waals surface area (Å²) in [4.78, 5) is 40.2. The van der Waals surface area contributed by atoms with Crippen LogP contribution >= 0.6 is 0 Å². The molecule has 0 saturated carbocycles. The fourth-order valence-electron chi connectivity index (χ4n) is 3.60. The highest BCUT2D eigenvalue weighted by atomic mass is 16.2. The van der Waals surface area contributed by atoms with Crippen LogP contribution < -0.4 is 10.6 Å². The Balaban J connectivity index is 1.52. The van der Waals surface area contributed by atoms with Gasteiger partial charge in [-0.2, -0.15) is 0 Å². The first-order chi connectivity index (χ1) is 15.1. The third kappa shape index (κ3) is 4.98. The smallest absolute Gasteiger partial charge is 0.254 e. The Bertz CT molecular complexity index is 1040. The number of hydrogen-bond acceptors (Lipinski definition) is 3. The van der Waals surface area contributed by atoms with Crippen molar-refractivity contribution < 1.29 is 14.4 Å². The van der Waals surface area contributed by atoms with Crippen LogP contribution in [-0.2, 0) is 22.7 Å². The van der Waals surface area contributed by atoms with Gasteiger partial charge in [-0.15, -0.1) is 0 Å². The van der Waals surface area contributed by atoms with E-state index in [-0.39, 0.29) is 18.2 Å². The van der Waals surface area contributed by atoms with Gasteiger partial charge in [-0.05, 0) is 23.3 Å². The standard InChI is InChI=1S/C25H23N3O3/c29-23(15-22-25(31)26-21-14-8-7-13-20(21)24(30)27-22)28(16-18-9-3-1-4-10-18)17-19-11-5-2-6-12-19/h1-14,22H,15-17H2,(H,26,31)(H,27,30)/t22-/m0/s1. The molecular weight excluding hydrogens is 390 g/mol. The van der Waals surface area contributed by atoms with E-state index in [1.165, 1.54) is 0 Å². The first-order valence-corrected chi connectivity index (χ1v) is 10.2. The first kappa shape index (κ1) is 20.3. The van der Waals surface area contributed by atoms with Gasteiger partial charge >= 0.3 is 0 Å². The summed E-state index contributed by atoms with van der Waals surface area (Å²) in [7, 11) is 0. The van der Waals surface area contributed by atoms with Crippen LogP contribution in [-0.4, -0.2) is 28.7 Å². The number of nitrogens with zero attached hydrogens (tertiary/aromatic N) is 1. The molecule has 156 valence electrons. The lowest BCUT2D eigenvalue weighted by Gasteiger charge is -2.25. The van der Waals surface area contributed by atoms with E-state index in [1.807, 2.05) is 60.7 Å². The highest BCUT2D eigenvalue weighted by molar-refractivity contribution is 6.10. The van der Waals surface area contributed by atoms with Crippen LogP contribution in [0.5, 0.6) is 0 Å². The SMILES string of the molecule is O=C1N[C@@H](CC(=O)N(Cc2ccccc2)Cc2ccccc2)C(=O)Nc2ccccc21. The number of nitrogens with one attached hydrogen (secondary N) is 2. The molecule has 0 bridgehead atoms. The van der Waals surface area contributed by atoms with E-state index in [1.54, 1.807) is 29.2 Å². The van der Waals surface area contributed by atoms with Crippen molar-refractivity contribution in [3.63, 3.8) is 0 Å². The Morgan fingerprint density at radius 2 is 1.32 bits per heavy atom. The summed E-state index contributed by atoms with van der Waals surface area (Å²) in [5, 5.41) is 5.45. The monoisotopic (exact) mass is 413 g/mol. The van der Waals surface area contributed by atoms with E-state index in [0.717, 1.165) is 11.1 Å². The number of benzene rings is 3. The third-order valence-corrected chi connectivity index (χ3v) is 5.22. The minimum Gasteiger partial charge on any atom is -0.340 e. The minimum atomic E-state index is -0.943. The Labute approximate surface area is 180 Å². The lowest BCUT2D eigenvalue weighted by molar-refractivity contribution is -0.134. The van der Waals surface area contributed by atoms with Crippen molar-refractivity contribution in [2.24, 2.45) is 0 Å². The van der Waals surface area contributed by atoms with Crippen LogP contribution in [0.4, 0.5) is 5.69 Å². The molecule has 3 amide bonds. The summed E-state index contributed by atoms with van der Waals surface area (Å²) >= 11 is 0. The first-order valence-electron chi connectivity index (χ1n) is 10.2. The maximum absolute atomic E-state index is 13.3. The van der Waals surface area contributed by atoms with Gasteiger partial charge in [0.05, 0.1) is 17.7 Å². The zero-order chi connectivity index (χ0) is 21.6. The van der Waals surface area contributed by atoms with Crippen molar-refractivity contribution >= 4 is 23.4 Å². The lowest BCUT2D eigenvalue weighted by atomic mass is 10.1. The van der Waals surface area contributed by atoms with Crippen LogP contribution in [0.25, 0.3) is 0 Å². The van der Waals surface area contributed by atoms with E-state index in [4.69, 9.17) is 0 Å². The van der Waals surface area contributed by atoms with Gasteiger partial charge in [0.1, 0.15) is 6.04 Å². The second-order valence-corrected chi connectivity index (χ2v) is 7.49. The third-order valence-electron chi connectivity index (χ3n) is 5.22. The zero-order valence-electron chi connectivity index (χ0n) is 17.0. The summed E-state index contributed by atoms with van der Waals surface area (Å²) < 4.78 is 0. The fourth-order valence-corrected chi connectivity index (χ4v) is 3.60. The van der Waals surface area contributed by atoms with Crippen LogP contribution in [0, 0.1) is 0 Å². The van der Waals surface area contributed by atoms with Crippen LogP contribution in [0.15, 0.2) is 84.9 Å². The minimum absolute atomic E-state index is 0.120. The van der Waals surface area contributed by atoms with Crippen LogP contribution in [0.3, 0.4) is 0 Å². The lowest BCUT2D eigenvalue weighted by Crippen LogP contribution is -2.45. The molecule has 4 rings (SSSR count). The fraction of sp³-hybridized carbons (Fsp3) is 0.160. The highest BCUT2D eigenvalue weighted by Gasteiger charge is 2.30. The van der Waals surface area contributed by atoms with E-state index < -0.39 is 11.9 Å². The van der Waals surface area contributed by atoms with Crippen LogP contribution in [0.1, 0.15) is 27.9 Å². The molecule has 0 aliphatic carbocycles. The van der Waals surface area contributed by atoms with E-state index in [0.29, 0.717) is 24.3 Å². The number of para-hydroxylation sites is 1. The van der Waals surface area contributed by atoms with Gasteiger partial charge in [-0.1, -0.05) is 72.8 Å². The molecule has 0 spiro atoms. The molecule has 6 nitrogen and oxygen atoms in total. The van der Waals surface area contributed by atoms with E-state index in [9.17, 15) is 14.4 Å². The summed E-state index contributed by atoms with van der Waals surface area (Å²) in [6.07, 6.45) is -0.120. The molecule has 0 aromatic heterocycles. The maximum Gasteiger partial charge on any atom is 0.254 e. The molecule has 3 aromatic carbocycles. The molecule has 3 aromatic rings. The van der Waals surface area contributed by atoms with Crippen molar-refractivity contribution in [3.8, 4) is 0 Å². The van der Waals surface area contributed by atoms with Crippen molar-refractivity contribution in [3.05, 3.63) is 102 Å². The summed E-state index contributed by atoms with van der Waals surface area (Å²) in [6, 6.07) is 25.3. The number of carbonyl (C=O) groups is 3. The largest absolute Gasteiger partial charge is 0.340 e. The molecule has 1 heterocycles. The molecule has 31 heavy (non-hydrogen) atoms. The average molecular weight is 413 g/mol. The molecule has 0 saturated heterocycles. The van der Waals surface area contributed by atoms with Gasteiger partial charge in [-0.3, -0.25) is 14.4 Å². The van der Waals surface area contributed by atoms with E-state index >= 15 is 0 Å². The Morgan fingerprint density at radius 3 is 1.94 bits per heavy atom. The molecule has 0 fully saturated rings. The predicted molar refractivity (Wildman–Crippen MR) is 118 cm³/mol. The molecule has 1 aliphatic rings. The van der Waals surface area contributed by atoms with Gasteiger partial charge in [0.15, 0.2) is 0 Å². The number of carbonyl (C=O) groups excluding carboxylic acids is 3. The Morgan fingerprint density at radius 1 is 0.774 bits per heavy atom. The zero-order valence-corrected chi connectivity index (χ0v) is 17.0. The Hall–Kier alpha value is -3.93. The molecule has 1 aliphatic heterocycles.